The van der Waals surface area contributed by atoms with Crippen molar-refractivity contribution in [1.29, 1.82) is 0 Å². The van der Waals surface area contributed by atoms with E-state index in [0.29, 0.717) is 0 Å². The summed E-state index contributed by atoms with van der Waals surface area (Å²) in [7, 11) is 0. The molecule has 0 saturated carbocycles. The maximum absolute atomic E-state index is 10.7. The first-order valence-electron chi connectivity index (χ1n) is 4.08. The first kappa shape index (κ1) is 15.9. The van der Waals surface area contributed by atoms with Gasteiger partial charge in [0.05, 0.1) is 11.1 Å². The quantitative estimate of drug-likeness (QED) is 0.452. The number of thiocarbonyl (C=S) groups is 1. The molecule has 0 unspecified atom stereocenters. The van der Waals surface area contributed by atoms with Crippen LogP contribution >= 0.6 is 12.2 Å². The number of aromatic carboxylic acids is 2. The van der Waals surface area contributed by atoms with Crippen LogP contribution in [-0.4, -0.2) is 56.8 Å². The van der Waals surface area contributed by atoms with Gasteiger partial charge in [-0.05, 0) is 30.4 Å². The van der Waals surface area contributed by atoms with Crippen LogP contribution in [0.5, 0.6) is 0 Å². The van der Waals surface area contributed by atoms with Crippen molar-refractivity contribution in [2.75, 3.05) is 5.32 Å². The Bertz CT molecular complexity index is 446. The third-order valence-electron chi connectivity index (χ3n) is 1.69. The van der Waals surface area contributed by atoms with E-state index >= 15 is 0 Å². The third-order valence-corrected chi connectivity index (χ3v) is 1.80. The van der Waals surface area contributed by atoms with E-state index in [1.807, 2.05) is 0 Å². The Hall–Kier alpha value is -1.15. The number of nitrogens with two attached hydrogens (primary N) is 1. The molecule has 0 fully saturated rings. The molecule has 5 N–H and O–H groups in total. The molecule has 86 valence electrons. The van der Waals surface area contributed by atoms with E-state index in [2.05, 4.69) is 17.5 Å². The number of anilines is 1. The minimum absolute atomic E-state index is 0. The molecule has 0 atom stereocenters. The Morgan fingerprint density at radius 3 is 1.82 bits per heavy atom. The summed E-state index contributed by atoms with van der Waals surface area (Å²) in [5, 5.41) is 19.9. The van der Waals surface area contributed by atoms with Gasteiger partial charge in [0.1, 0.15) is 0 Å². The minimum atomic E-state index is -1.23. The van der Waals surface area contributed by atoms with Gasteiger partial charge in [0.25, 0.3) is 0 Å². The van der Waals surface area contributed by atoms with E-state index in [-0.39, 0.29) is 51.5 Å². The topological polar surface area (TPSA) is 113 Å². The zero-order chi connectivity index (χ0) is 12.3. The molecule has 1 aromatic rings. The van der Waals surface area contributed by atoms with Crippen LogP contribution < -0.4 is 11.1 Å². The van der Waals surface area contributed by atoms with Crippen molar-refractivity contribution in [3.63, 3.8) is 0 Å². The molecule has 0 heterocycles. The van der Waals surface area contributed by atoms with Gasteiger partial charge in [-0.15, -0.1) is 0 Å². The molecule has 17 heavy (non-hydrogen) atoms. The number of benzene rings is 1. The third kappa shape index (κ3) is 4.70. The van der Waals surface area contributed by atoms with Gasteiger partial charge in [0.2, 0.25) is 0 Å². The second kappa shape index (κ2) is 6.55. The summed E-state index contributed by atoms with van der Waals surface area (Å²) < 4.78 is 0. The first-order valence-corrected chi connectivity index (χ1v) is 4.49. The van der Waals surface area contributed by atoms with Gasteiger partial charge in [-0.1, -0.05) is 0 Å². The van der Waals surface area contributed by atoms with Gasteiger partial charge >= 0.3 is 41.5 Å². The van der Waals surface area contributed by atoms with Crippen LogP contribution in [-0.2, 0) is 0 Å². The zero-order valence-electron chi connectivity index (χ0n) is 7.93. The summed E-state index contributed by atoms with van der Waals surface area (Å²) in [6, 6.07) is 3.54. The Balaban J connectivity index is 0.00000256. The second-order valence-corrected chi connectivity index (χ2v) is 3.34. The van der Waals surface area contributed by atoms with E-state index in [0.717, 1.165) is 6.07 Å². The number of hydrogen-bond donors (Lipinski definition) is 4. The summed E-state index contributed by atoms with van der Waals surface area (Å²) in [5.41, 5.74) is 5.12. The molecule has 0 bridgehead atoms. The molecule has 0 spiro atoms. The van der Waals surface area contributed by atoms with Gasteiger partial charge in [0.15, 0.2) is 5.11 Å². The Labute approximate surface area is 124 Å². The number of carbonyl (C=O) groups is 2. The van der Waals surface area contributed by atoms with Crippen LogP contribution in [0.3, 0.4) is 0 Å². The van der Waals surface area contributed by atoms with Gasteiger partial charge in [-0.25, -0.2) is 9.59 Å². The van der Waals surface area contributed by atoms with Gasteiger partial charge in [-0.2, -0.15) is 0 Å². The van der Waals surface area contributed by atoms with Crippen LogP contribution in [0, 0.1) is 0 Å². The number of nitrogens with one attached hydrogen (secondary N) is 1. The van der Waals surface area contributed by atoms with E-state index in [4.69, 9.17) is 15.9 Å². The molecule has 8 heteroatoms. The molecule has 1 aromatic carbocycles. The van der Waals surface area contributed by atoms with Crippen molar-refractivity contribution in [2.45, 2.75) is 0 Å². The Morgan fingerprint density at radius 1 is 1.12 bits per heavy atom. The van der Waals surface area contributed by atoms with Crippen molar-refractivity contribution in [3.05, 3.63) is 29.3 Å². The van der Waals surface area contributed by atoms with Crippen LogP contribution in [0.1, 0.15) is 20.7 Å². The molecule has 0 aliphatic carbocycles. The van der Waals surface area contributed by atoms with Crippen molar-refractivity contribution >= 4 is 64.5 Å². The van der Waals surface area contributed by atoms with Crippen LogP contribution in [0.25, 0.3) is 0 Å². The van der Waals surface area contributed by atoms with Gasteiger partial charge < -0.3 is 21.3 Å². The predicted molar refractivity (Wildman–Crippen MR) is 67.9 cm³/mol. The fraction of sp³-hybridized carbons (Fsp3) is 0. The van der Waals surface area contributed by atoms with Crippen molar-refractivity contribution in [1.82, 2.24) is 0 Å². The summed E-state index contributed by atoms with van der Waals surface area (Å²) >= 11 is 4.57. The fourth-order valence-corrected chi connectivity index (χ4v) is 1.21. The van der Waals surface area contributed by atoms with Crippen molar-refractivity contribution in [2.24, 2.45) is 5.73 Å². The average Bonchev–Trinajstić information content (AvgIpc) is 2.15. The maximum atomic E-state index is 10.7. The standard InChI is InChI=1S/C9H8N2O4S.Na.H/c10-9(16)11-6-2-4(7(12)13)1-5(3-6)8(14)15;;/h1-3H,(H,12,13)(H,14,15)(H3,10,11,16);;. The molecule has 1 rings (SSSR count). The molecule has 6 nitrogen and oxygen atoms in total. The number of carboxylic acids is 2. The normalized spacial score (nSPS) is 8.94. The predicted octanol–water partition coefficient (Wildman–Crippen LogP) is 0.0900. The van der Waals surface area contributed by atoms with Gasteiger partial charge in [-0.3, -0.25) is 0 Å². The van der Waals surface area contributed by atoms with Crippen LogP contribution in [0.4, 0.5) is 5.69 Å². The SMILES string of the molecule is NC(=S)Nc1cc(C(=O)O)cc(C(=O)O)c1.[NaH]. The summed E-state index contributed by atoms with van der Waals surface area (Å²) in [6.45, 7) is 0. The van der Waals surface area contributed by atoms with E-state index in [1.165, 1.54) is 12.1 Å². The average molecular weight is 264 g/mol. The molecular formula is C9H9N2NaO4S. The monoisotopic (exact) mass is 264 g/mol. The number of carboxylic acid groups (broad SMARTS) is 2. The zero-order valence-corrected chi connectivity index (χ0v) is 8.75. The van der Waals surface area contributed by atoms with Crippen LogP contribution in [0.15, 0.2) is 18.2 Å². The van der Waals surface area contributed by atoms with Gasteiger partial charge in [0, 0.05) is 5.69 Å². The Kier molecular flexibility index (Phi) is 6.11. The van der Waals surface area contributed by atoms with Crippen LogP contribution in [0.2, 0.25) is 0 Å². The fourth-order valence-electron chi connectivity index (χ4n) is 1.09. The van der Waals surface area contributed by atoms with Crippen molar-refractivity contribution < 1.29 is 19.8 Å². The summed E-state index contributed by atoms with van der Waals surface area (Å²) in [5.74, 6) is -2.46. The molecule has 0 radical (unpaired) electrons. The summed E-state index contributed by atoms with van der Waals surface area (Å²) in [6.07, 6.45) is 0. The summed E-state index contributed by atoms with van der Waals surface area (Å²) in [4.78, 5) is 21.5. The van der Waals surface area contributed by atoms with E-state index < -0.39 is 11.9 Å². The van der Waals surface area contributed by atoms with E-state index in [1.54, 1.807) is 0 Å². The van der Waals surface area contributed by atoms with E-state index in [9.17, 15) is 9.59 Å². The Morgan fingerprint density at radius 2 is 1.53 bits per heavy atom. The molecule has 0 aliphatic rings. The van der Waals surface area contributed by atoms with Crippen molar-refractivity contribution in [3.8, 4) is 0 Å². The molecule has 0 aromatic heterocycles. The molecule has 0 amide bonds. The second-order valence-electron chi connectivity index (χ2n) is 2.90. The number of hydrogen-bond acceptors (Lipinski definition) is 3. The number of rotatable bonds is 3. The molecule has 0 saturated heterocycles. The first-order chi connectivity index (χ1) is 7.40. The molecule has 0 aliphatic heterocycles. The molecular weight excluding hydrogens is 255 g/mol.